The van der Waals surface area contributed by atoms with E-state index in [4.69, 9.17) is 15.2 Å². The van der Waals surface area contributed by atoms with Crippen LogP contribution in [-0.2, 0) is 16.7 Å². The van der Waals surface area contributed by atoms with Crippen molar-refractivity contribution < 1.29 is 14.3 Å². The highest BCUT2D eigenvalue weighted by Gasteiger charge is 2.26. The van der Waals surface area contributed by atoms with E-state index in [0.29, 0.717) is 32.8 Å². The third-order valence-electron chi connectivity index (χ3n) is 5.49. The van der Waals surface area contributed by atoms with Gasteiger partial charge in [0.1, 0.15) is 12.4 Å². The largest absolute Gasteiger partial charge is 0.490 e. The first-order valence-corrected chi connectivity index (χ1v) is 11.1. The second-order valence-electron chi connectivity index (χ2n) is 9.27. The lowest BCUT2D eigenvalue weighted by Crippen LogP contribution is -2.44. The van der Waals surface area contributed by atoms with Gasteiger partial charge in [-0.3, -0.25) is 0 Å². The molecule has 2 aromatic carbocycles. The Bertz CT molecular complexity index is 958. The molecule has 32 heavy (non-hydrogen) atoms. The lowest BCUT2D eigenvalue weighted by atomic mass is 9.87. The number of nitrogens with two attached hydrogens (primary N) is 1. The summed E-state index contributed by atoms with van der Waals surface area (Å²) in [6.07, 6.45) is 5.56. The summed E-state index contributed by atoms with van der Waals surface area (Å²) < 4.78 is 11.1. The highest BCUT2D eigenvalue weighted by atomic mass is 16.6. The molecule has 0 saturated carbocycles. The average Bonchev–Trinajstić information content (AvgIpc) is 2.77. The Kier molecular flexibility index (Phi) is 7.75. The highest BCUT2D eigenvalue weighted by Crippen LogP contribution is 2.24. The quantitative estimate of drug-likeness (QED) is 0.455. The minimum absolute atomic E-state index is 0.131. The van der Waals surface area contributed by atoms with Gasteiger partial charge in [-0.1, -0.05) is 69.8 Å². The molecule has 170 valence electrons. The Morgan fingerprint density at radius 3 is 2.53 bits per heavy atom. The van der Waals surface area contributed by atoms with Crippen molar-refractivity contribution >= 4 is 18.2 Å². The van der Waals surface area contributed by atoms with Crippen molar-refractivity contribution in [2.45, 2.75) is 32.7 Å². The van der Waals surface area contributed by atoms with Crippen LogP contribution in [0.2, 0.25) is 0 Å². The van der Waals surface area contributed by atoms with Crippen LogP contribution in [0.1, 0.15) is 43.0 Å². The van der Waals surface area contributed by atoms with Crippen LogP contribution < -0.4 is 10.5 Å². The van der Waals surface area contributed by atoms with Crippen LogP contribution in [-0.4, -0.2) is 37.3 Å². The van der Waals surface area contributed by atoms with Gasteiger partial charge in [0.25, 0.3) is 0 Å². The number of rotatable bonds is 8. The summed E-state index contributed by atoms with van der Waals surface area (Å²) in [6.45, 7) is 12.7. The van der Waals surface area contributed by atoms with Gasteiger partial charge in [-0.15, -0.1) is 0 Å². The zero-order valence-electron chi connectivity index (χ0n) is 19.3. The van der Waals surface area contributed by atoms with Crippen LogP contribution in [0.25, 0.3) is 12.2 Å². The molecule has 2 N–H and O–H groups in total. The van der Waals surface area contributed by atoms with Gasteiger partial charge in [-0.25, -0.2) is 4.79 Å². The number of benzene rings is 2. The Morgan fingerprint density at radius 2 is 1.88 bits per heavy atom. The summed E-state index contributed by atoms with van der Waals surface area (Å²) in [5.74, 6) is 0.897. The van der Waals surface area contributed by atoms with Crippen LogP contribution in [0.3, 0.4) is 0 Å². The van der Waals surface area contributed by atoms with Crippen molar-refractivity contribution in [3.05, 3.63) is 77.4 Å². The predicted octanol–water partition coefficient (Wildman–Crippen LogP) is 5.25. The van der Waals surface area contributed by atoms with Crippen LogP contribution in [0, 0.1) is 5.92 Å². The summed E-state index contributed by atoms with van der Waals surface area (Å²) in [7, 11) is 0. The number of carbonyl (C=O) groups excluding carboxylic acids is 1. The van der Waals surface area contributed by atoms with E-state index in [-0.39, 0.29) is 17.4 Å². The number of amides is 1. The minimum atomic E-state index is -0.303. The molecule has 1 aliphatic heterocycles. The van der Waals surface area contributed by atoms with Crippen molar-refractivity contribution in [2.24, 2.45) is 11.7 Å². The molecule has 0 aromatic heterocycles. The molecule has 1 amide bonds. The minimum Gasteiger partial charge on any atom is -0.490 e. The molecule has 0 radical (unpaired) electrons. The van der Waals surface area contributed by atoms with Gasteiger partial charge in [0.05, 0.1) is 6.61 Å². The SMILES string of the molecule is C=CCOc1cc(/C=C/c2ccc(C(C)(C)C)cc2)cc(CN2CC(CN)COC2=O)c1. The molecule has 1 saturated heterocycles. The van der Waals surface area contributed by atoms with E-state index in [2.05, 4.69) is 69.8 Å². The Hall–Kier alpha value is -3.05. The first-order chi connectivity index (χ1) is 15.3. The third kappa shape index (κ3) is 6.47. The first-order valence-electron chi connectivity index (χ1n) is 11.1. The van der Waals surface area contributed by atoms with Gasteiger partial charge < -0.3 is 20.1 Å². The molecule has 1 fully saturated rings. The number of nitrogens with zero attached hydrogens (tertiary/aromatic N) is 1. The lowest BCUT2D eigenvalue weighted by molar-refractivity contribution is 0.0425. The molecule has 0 aliphatic carbocycles. The number of carbonyl (C=O) groups is 1. The van der Waals surface area contributed by atoms with Crippen molar-refractivity contribution in [2.75, 3.05) is 26.3 Å². The van der Waals surface area contributed by atoms with Gasteiger partial charge in [-0.05, 0) is 45.9 Å². The summed E-state index contributed by atoms with van der Waals surface area (Å²) in [5, 5.41) is 0. The van der Waals surface area contributed by atoms with Crippen molar-refractivity contribution in [1.82, 2.24) is 4.90 Å². The van der Waals surface area contributed by atoms with E-state index in [1.165, 1.54) is 5.56 Å². The van der Waals surface area contributed by atoms with Gasteiger partial charge in [-0.2, -0.15) is 0 Å². The first kappa shape index (κ1) is 23.6. The van der Waals surface area contributed by atoms with E-state index in [1.54, 1.807) is 11.0 Å². The molecular weight excluding hydrogens is 400 g/mol. The molecule has 3 rings (SSSR count). The van der Waals surface area contributed by atoms with Crippen molar-refractivity contribution in [1.29, 1.82) is 0 Å². The van der Waals surface area contributed by atoms with Crippen LogP contribution in [0.15, 0.2) is 55.1 Å². The maximum Gasteiger partial charge on any atom is 0.410 e. The van der Waals surface area contributed by atoms with Crippen LogP contribution in [0.4, 0.5) is 4.79 Å². The van der Waals surface area contributed by atoms with Gasteiger partial charge in [0.2, 0.25) is 0 Å². The predicted molar refractivity (Wildman–Crippen MR) is 131 cm³/mol. The molecular formula is C27H34N2O3. The van der Waals surface area contributed by atoms with E-state index >= 15 is 0 Å². The Morgan fingerprint density at radius 1 is 1.16 bits per heavy atom. The Balaban J connectivity index is 1.81. The van der Waals surface area contributed by atoms with Crippen LogP contribution in [0.5, 0.6) is 5.75 Å². The number of hydrogen-bond donors (Lipinski definition) is 1. The zero-order valence-corrected chi connectivity index (χ0v) is 19.3. The molecule has 0 bridgehead atoms. The fourth-order valence-corrected chi connectivity index (χ4v) is 3.61. The monoisotopic (exact) mass is 434 g/mol. The molecule has 5 heteroatoms. The lowest BCUT2D eigenvalue weighted by Gasteiger charge is -2.31. The zero-order chi connectivity index (χ0) is 23.1. The number of ether oxygens (including phenoxy) is 2. The average molecular weight is 435 g/mol. The fraction of sp³-hybridized carbons (Fsp3) is 0.370. The number of hydrogen-bond acceptors (Lipinski definition) is 4. The van der Waals surface area contributed by atoms with E-state index in [0.717, 1.165) is 22.4 Å². The number of cyclic esters (lactones) is 1. The van der Waals surface area contributed by atoms with Crippen molar-refractivity contribution in [3.63, 3.8) is 0 Å². The molecule has 2 aromatic rings. The normalized spacial score (nSPS) is 16.8. The molecule has 1 unspecified atom stereocenters. The smallest absolute Gasteiger partial charge is 0.410 e. The van der Waals surface area contributed by atoms with Crippen molar-refractivity contribution in [3.8, 4) is 5.75 Å². The molecule has 1 heterocycles. The second-order valence-corrected chi connectivity index (χ2v) is 9.27. The summed E-state index contributed by atoms with van der Waals surface area (Å²) >= 11 is 0. The molecule has 1 atom stereocenters. The standard InChI is InChI=1S/C27H34N2O3/c1-5-12-31-25-14-21(7-6-20-8-10-24(11-9-20)27(2,3)4)13-22(15-25)17-29-18-23(16-28)19-32-26(29)30/h5-11,13-15,23H,1,12,16-19,28H2,2-4H3/b7-6+. The van der Waals surface area contributed by atoms with E-state index in [9.17, 15) is 4.79 Å². The Labute approximate surface area is 191 Å². The third-order valence-corrected chi connectivity index (χ3v) is 5.49. The summed E-state index contributed by atoms with van der Waals surface area (Å²) in [5.41, 5.74) is 10.3. The highest BCUT2D eigenvalue weighted by molar-refractivity contribution is 5.71. The fourth-order valence-electron chi connectivity index (χ4n) is 3.61. The second kappa shape index (κ2) is 10.5. The topological polar surface area (TPSA) is 64.8 Å². The molecule has 1 aliphatic rings. The maximum absolute atomic E-state index is 12.2. The summed E-state index contributed by atoms with van der Waals surface area (Å²) in [6, 6.07) is 14.6. The van der Waals surface area contributed by atoms with Gasteiger partial charge in [0.15, 0.2) is 0 Å². The van der Waals surface area contributed by atoms with E-state index < -0.39 is 0 Å². The molecule has 0 spiro atoms. The van der Waals surface area contributed by atoms with Gasteiger partial charge in [0, 0.05) is 25.6 Å². The van der Waals surface area contributed by atoms with Gasteiger partial charge >= 0.3 is 6.09 Å². The summed E-state index contributed by atoms with van der Waals surface area (Å²) in [4.78, 5) is 13.9. The van der Waals surface area contributed by atoms with Crippen LogP contribution >= 0.6 is 0 Å². The maximum atomic E-state index is 12.2. The molecule has 5 nitrogen and oxygen atoms in total. The van der Waals surface area contributed by atoms with E-state index in [1.807, 2.05) is 12.1 Å².